The van der Waals surface area contributed by atoms with Crippen molar-refractivity contribution in [1.29, 1.82) is 0 Å². The summed E-state index contributed by atoms with van der Waals surface area (Å²) < 4.78 is 2.44. The molecule has 3 rings (SSSR count). The van der Waals surface area contributed by atoms with E-state index in [2.05, 4.69) is 21.0 Å². The molecule has 1 aromatic carbocycles. The summed E-state index contributed by atoms with van der Waals surface area (Å²) in [5.74, 6) is -1.36. The van der Waals surface area contributed by atoms with Crippen LogP contribution in [0.2, 0.25) is 0 Å². The summed E-state index contributed by atoms with van der Waals surface area (Å²) in [5, 5.41) is 8.96. The second kappa shape index (κ2) is 9.33. The average molecular weight is 424 g/mol. The summed E-state index contributed by atoms with van der Waals surface area (Å²) in [6, 6.07) is 8.93. The first kappa shape index (κ1) is 21.9. The van der Waals surface area contributed by atoms with Crippen LogP contribution < -0.4 is 22.0 Å². The number of benzene rings is 1. The van der Waals surface area contributed by atoms with Crippen LogP contribution >= 0.6 is 0 Å². The Kier molecular flexibility index (Phi) is 6.58. The Morgan fingerprint density at radius 3 is 2.32 bits per heavy atom. The maximum Gasteiger partial charge on any atom is 0.290 e. The Bertz CT molecular complexity index is 1240. The van der Waals surface area contributed by atoms with Crippen molar-refractivity contribution in [2.45, 2.75) is 46.2 Å². The van der Waals surface area contributed by atoms with Gasteiger partial charge in [0.1, 0.15) is 0 Å². The standard InChI is InChI=1S/C21H24N6O4/c1-4-5-12-26-17(28)11-10-16(24-26)19(29)22-23-20(30)18-14-8-6-7-9-15(14)21(31)27(25-18)13(2)3/h6-11,13H,4-5,12H2,1-3H3,(H,22,29)(H,23,30). The van der Waals surface area contributed by atoms with Crippen LogP contribution in [0.1, 0.15) is 60.6 Å². The van der Waals surface area contributed by atoms with Crippen molar-refractivity contribution >= 4 is 22.6 Å². The summed E-state index contributed by atoms with van der Waals surface area (Å²) in [5.41, 5.74) is 3.98. The van der Waals surface area contributed by atoms with Crippen molar-refractivity contribution in [3.8, 4) is 0 Å². The van der Waals surface area contributed by atoms with Crippen molar-refractivity contribution in [2.24, 2.45) is 0 Å². The van der Waals surface area contributed by atoms with Gasteiger partial charge in [-0.15, -0.1) is 0 Å². The molecule has 0 spiro atoms. The van der Waals surface area contributed by atoms with E-state index in [4.69, 9.17) is 0 Å². The van der Waals surface area contributed by atoms with Gasteiger partial charge in [-0.1, -0.05) is 31.5 Å². The first-order valence-electron chi connectivity index (χ1n) is 10.0. The summed E-state index contributed by atoms with van der Waals surface area (Å²) in [7, 11) is 0. The number of unbranched alkanes of at least 4 members (excludes halogenated alkanes) is 1. The van der Waals surface area contributed by atoms with E-state index in [1.807, 2.05) is 6.92 Å². The van der Waals surface area contributed by atoms with Crippen LogP contribution in [0.15, 0.2) is 46.0 Å². The minimum absolute atomic E-state index is 0.00470. The zero-order valence-electron chi connectivity index (χ0n) is 17.6. The number of nitrogens with one attached hydrogen (secondary N) is 2. The highest BCUT2D eigenvalue weighted by molar-refractivity contribution is 6.05. The number of fused-ring (bicyclic) bond motifs is 1. The molecule has 2 amide bonds. The molecule has 0 saturated carbocycles. The zero-order valence-corrected chi connectivity index (χ0v) is 17.6. The Morgan fingerprint density at radius 2 is 1.65 bits per heavy atom. The third-order valence-electron chi connectivity index (χ3n) is 4.64. The predicted molar refractivity (Wildman–Crippen MR) is 115 cm³/mol. The van der Waals surface area contributed by atoms with Crippen LogP contribution in [-0.4, -0.2) is 31.4 Å². The number of hydrazine groups is 1. The number of carbonyl (C=O) groups excluding carboxylic acids is 2. The molecule has 0 aliphatic heterocycles. The van der Waals surface area contributed by atoms with Crippen LogP contribution in [0.4, 0.5) is 0 Å². The molecule has 10 heteroatoms. The van der Waals surface area contributed by atoms with Gasteiger partial charge in [0.25, 0.3) is 22.9 Å². The third kappa shape index (κ3) is 4.68. The van der Waals surface area contributed by atoms with Crippen molar-refractivity contribution in [3.63, 3.8) is 0 Å². The number of rotatable bonds is 6. The normalized spacial score (nSPS) is 11.0. The topological polar surface area (TPSA) is 128 Å². The number of nitrogens with zero attached hydrogens (tertiary/aromatic N) is 4. The highest BCUT2D eigenvalue weighted by Gasteiger charge is 2.19. The molecule has 0 fully saturated rings. The Balaban J connectivity index is 1.84. The molecule has 31 heavy (non-hydrogen) atoms. The molecule has 2 aromatic heterocycles. The van der Waals surface area contributed by atoms with Gasteiger partial charge in [0.2, 0.25) is 0 Å². The molecule has 0 radical (unpaired) electrons. The number of hydrogen-bond acceptors (Lipinski definition) is 6. The number of aromatic nitrogens is 4. The van der Waals surface area contributed by atoms with Crippen LogP contribution in [0.25, 0.3) is 10.8 Å². The first-order chi connectivity index (χ1) is 14.8. The molecule has 2 N–H and O–H groups in total. The SMILES string of the molecule is CCCCn1nc(C(=O)NNC(=O)c2nn(C(C)C)c(=O)c3ccccc23)ccc1=O. The maximum atomic E-state index is 12.8. The Hall–Kier alpha value is -3.82. The molecule has 0 unspecified atom stereocenters. The Morgan fingerprint density at radius 1 is 0.968 bits per heavy atom. The summed E-state index contributed by atoms with van der Waals surface area (Å²) in [6.07, 6.45) is 1.62. The minimum Gasteiger partial charge on any atom is -0.268 e. The van der Waals surface area contributed by atoms with Crippen molar-refractivity contribution in [1.82, 2.24) is 30.4 Å². The van der Waals surface area contributed by atoms with Crippen LogP contribution in [-0.2, 0) is 6.54 Å². The fourth-order valence-electron chi connectivity index (χ4n) is 3.00. The molecular formula is C21H24N6O4. The molecule has 0 bridgehead atoms. The molecule has 162 valence electrons. The lowest BCUT2D eigenvalue weighted by Gasteiger charge is -2.13. The fraction of sp³-hybridized carbons (Fsp3) is 0.333. The third-order valence-corrected chi connectivity index (χ3v) is 4.64. The molecule has 0 saturated heterocycles. The predicted octanol–water partition coefficient (Wildman–Crippen LogP) is 1.41. The van der Waals surface area contributed by atoms with Crippen LogP contribution in [0.5, 0.6) is 0 Å². The molecule has 0 atom stereocenters. The number of amides is 2. The number of carbonyl (C=O) groups is 2. The summed E-state index contributed by atoms with van der Waals surface area (Å²) in [6.45, 7) is 5.95. The average Bonchev–Trinajstić information content (AvgIpc) is 2.76. The van der Waals surface area contributed by atoms with E-state index < -0.39 is 11.8 Å². The van der Waals surface area contributed by atoms with Crippen molar-refractivity contribution in [2.75, 3.05) is 0 Å². The first-order valence-corrected chi connectivity index (χ1v) is 10.0. The lowest BCUT2D eigenvalue weighted by Crippen LogP contribution is -2.43. The maximum absolute atomic E-state index is 12.8. The molecule has 10 nitrogen and oxygen atoms in total. The lowest BCUT2D eigenvalue weighted by atomic mass is 10.1. The van der Waals surface area contributed by atoms with Gasteiger partial charge in [-0.3, -0.25) is 30.0 Å². The second-order valence-corrected chi connectivity index (χ2v) is 7.28. The Labute approximate surface area is 177 Å². The fourth-order valence-corrected chi connectivity index (χ4v) is 3.00. The number of aryl methyl sites for hydroxylation is 1. The van der Waals surface area contributed by atoms with Crippen molar-refractivity contribution in [3.05, 3.63) is 68.5 Å². The van der Waals surface area contributed by atoms with E-state index in [1.165, 1.54) is 21.5 Å². The van der Waals surface area contributed by atoms with Gasteiger partial charge in [0.05, 0.1) is 11.4 Å². The quantitative estimate of drug-likeness (QED) is 0.576. The molecular weight excluding hydrogens is 400 g/mol. The van der Waals surface area contributed by atoms with Crippen LogP contribution in [0.3, 0.4) is 0 Å². The molecule has 0 aliphatic rings. The smallest absolute Gasteiger partial charge is 0.268 e. The van der Waals surface area contributed by atoms with E-state index in [9.17, 15) is 19.2 Å². The van der Waals surface area contributed by atoms with Crippen LogP contribution in [0, 0.1) is 0 Å². The highest BCUT2D eigenvalue weighted by atomic mass is 16.2. The zero-order chi connectivity index (χ0) is 22.5. The van der Waals surface area contributed by atoms with E-state index >= 15 is 0 Å². The second-order valence-electron chi connectivity index (χ2n) is 7.28. The summed E-state index contributed by atoms with van der Waals surface area (Å²) in [4.78, 5) is 49.6. The van der Waals surface area contributed by atoms with E-state index in [0.717, 1.165) is 12.8 Å². The van der Waals surface area contributed by atoms with Gasteiger partial charge in [-0.25, -0.2) is 9.36 Å². The largest absolute Gasteiger partial charge is 0.290 e. The van der Waals surface area contributed by atoms with E-state index in [-0.39, 0.29) is 28.5 Å². The lowest BCUT2D eigenvalue weighted by molar-refractivity contribution is 0.0839. The minimum atomic E-state index is -0.682. The van der Waals surface area contributed by atoms with Crippen molar-refractivity contribution < 1.29 is 9.59 Å². The van der Waals surface area contributed by atoms with Gasteiger partial charge in [-0.2, -0.15) is 10.2 Å². The van der Waals surface area contributed by atoms with E-state index in [0.29, 0.717) is 17.3 Å². The molecule has 0 aliphatic carbocycles. The molecule has 2 heterocycles. The van der Waals surface area contributed by atoms with Gasteiger partial charge in [0.15, 0.2) is 11.4 Å². The molecule has 3 aromatic rings. The van der Waals surface area contributed by atoms with Gasteiger partial charge < -0.3 is 0 Å². The van der Waals surface area contributed by atoms with Gasteiger partial charge in [0, 0.05) is 18.0 Å². The van der Waals surface area contributed by atoms with Gasteiger partial charge >= 0.3 is 0 Å². The number of hydrogen-bond donors (Lipinski definition) is 2. The van der Waals surface area contributed by atoms with E-state index in [1.54, 1.807) is 38.1 Å². The monoisotopic (exact) mass is 424 g/mol. The van der Waals surface area contributed by atoms with Gasteiger partial charge in [-0.05, 0) is 32.4 Å². The highest BCUT2D eigenvalue weighted by Crippen LogP contribution is 2.14. The summed E-state index contributed by atoms with van der Waals surface area (Å²) >= 11 is 0.